The summed E-state index contributed by atoms with van der Waals surface area (Å²) < 4.78 is 0. The monoisotopic (exact) mass is 416 g/mol. The molecule has 0 aliphatic carbocycles. The Morgan fingerprint density at radius 3 is 2.70 bits per heavy atom. The van der Waals surface area contributed by atoms with Crippen LogP contribution >= 0.6 is 11.6 Å². The third-order valence-corrected chi connectivity index (χ3v) is 5.32. The highest BCUT2D eigenvalue weighted by molar-refractivity contribution is 6.30. The van der Waals surface area contributed by atoms with Crippen LogP contribution in [0.25, 0.3) is 0 Å². The molecule has 30 heavy (non-hydrogen) atoms. The Morgan fingerprint density at radius 1 is 1.10 bits per heavy atom. The van der Waals surface area contributed by atoms with Crippen LogP contribution in [-0.4, -0.2) is 18.6 Å². The van der Waals surface area contributed by atoms with Crippen LogP contribution in [0.4, 0.5) is 16.2 Å². The quantitative estimate of drug-likeness (QED) is 0.631. The molecule has 1 atom stereocenters. The smallest absolute Gasteiger partial charge is 0.319 e. The van der Waals surface area contributed by atoms with E-state index in [-0.39, 0.29) is 12.1 Å². The van der Waals surface area contributed by atoms with E-state index in [1.54, 1.807) is 0 Å². The fourth-order valence-corrected chi connectivity index (χ4v) is 4.01. The SMILES string of the molecule is N#Cc1ccc2c(c1)CC(NC(=O)Nc1ccccc1)CN2Cc1cccc(Cl)c1. The number of hydrogen-bond donors (Lipinski definition) is 2. The summed E-state index contributed by atoms with van der Waals surface area (Å²) in [5.74, 6) is 0. The molecule has 4 rings (SSSR count). The molecule has 0 fully saturated rings. The maximum Gasteiger partial charge on any atom is 0.319 e. The number of para-hydroxylation sites is 1. The summed E-state index contributed by atoms with van der Waals surface area (Å²) in [7, 11) is 0. The maximum atomic E-state index is 12.5. The van der Waals surface area contributed by atoms with Crippen molar-refractivity contribution in [1.82, 2.24) is 5.32 Å². The van der Waals surface area contributed by atoms with Crippen LogP contribution in [0.15, 0.2) is 72.8 Å². The lowest BCUT2D eigenvalue weighted by Gasteiger charge is -2.36. The van der Waals surface area contributed by atoms with Crippen LogP contribution in [0.2, 0.25) is 5.02 Å². The number of nitrogens with zero attached hydrogens (tertiary/aromatic N) is 2. The minimum absolute atomic E-state index is 0.0886. The van der Waals surface area contributed by atoms with E-state index < -0.39 is 0 Å². The van der Waals surface area contributed by atoms with Crippen molar-refractivity contribution in [2.75, 3.05) is 16.8 Å². The molecule has 0 saturated heterocycles. The highest BCUT2D eigenvalue weighted by atomic mass is 35.5. The van der Waals surface area contributed by atoms with Gasteiger partial charge in [0.05, 0.1) is 17.7 Å². The highest BCUT2D eigenvalue weighted by Gasteiger charge is 2.26. The average molecular weight is 417 g/mol. The van der Waals surface area contributed by atoms with Gasteiger partial charge in [-0.25, -0.2) is 4.79 Å². The van der Waals surface area contributed by atoms with Gasteiger partial charge in [-0.3, -0.25) is 0 Å². The molecule has 5 nitrogen and oxygen atoms in total. The Hall–Kier alpha value is -3.49. The fourth-order valence-electron chi connectivity index (χ4n) is 3.80. The van der Waals surface area contributed by atoms with Gasteiger partial charge in [-0.05, 0) is 60.0 Å². The Morgan fingerprint density at radius 2 is 1.93 bits per heavy atom. The van der Waals surface area contributed by atoms with E-state index in [0.29, 0.717) is 30.1 Å². The first kappa shape index (κ1) is 19.8. The van der Waals surface area contributed by atoms with Crippen molar-refractivity contribution in [1.29, 1.82) is 5.26 Å². The second-order valence-electron chi connectivity index (χ2n) is 7.33. The van der Waals surface area contributed by atoms with Crippen LogP contribution in [-0.2, 0) is 13.0 Å². The zero-order valence-electron chi connectivity index (χ0n) is 16.3. The van der Waals surface area contributed by atoms with Crippen LogP contribution in [0.1, 0.15) is 16.7 Å². The van der Waals surface area contributed by atoms with Crippen molar-refractivity contribution < 1.29 is 4.79 Å². The van der Waals surface area contributed by atoms with Crippen LogP contribution in [0.3, 0.4) is 0 Å². The lowest BCUT2D eigenvalue weighted by Crippen LogP contribution is -2.49. The third-order valence-electron chi connectivity index (χ3n) is 5.09. The van der Waals surface area contributed by atoms with Gasteiger partial charge in [-0.1, -0.05) is 41.9 Å². The Balaban J connectivity index is 1.54. The molecular weight excluding hydrogens is 396 g/mol. The number of amides is 2. The molecule has 3 aromatic carbocycles. The van der Waals surface area contributed by atoms with E-state index in [1.807, 2.05) is 72.8 Å². The topological polar surface area (TPSA) is 68.2 Å². The van der Waals surface area contributed by atoms with Crippen molar-refractivity contribution in [2.45, 2.75) is 19.0 Å². The van der Waals surface area contributed by atoms with Crippen LogP contribution < -0.4 is 15.5 Å². The first-order valence-corrected chi connectivity index (χ1v) is 10.1. The summed E-state index contributed by atoms with van der Waals surface area (Å²) in [5, 5.41) is 15.9. The van der Waals surface area contributed by atoms with E-state index in [4.69, 9.17) is 11.6 Å². The molecular formula is C24H21ClN4O. The summed E-state index contributed by atoms with van der Waals surface area (Å²) in [5.41, 5.74) is 4.58. The molecule has 150 valence electrons. The zero-order valence-corrected chi connectivity index (χ0v) is 17.1. The zero-order chi connectivity index (χ0) is 20.9. The number of hydrogen-bond acceptors (Lipinski definition) is 3. The average Bonchev–Trinajstić information content (AvgIpc) is 2.74. The normalized spacial score (nSPS) is 15.1. The van der Waals surface area contributed by atoms with E-state index >= 15 is 0 Å². The van der Waals surface area contributed by atoms with Crippen molar-refractivity contribution in [3.63, 3.8) is 0 Å². The van der Waals surface area contributed by atoms with Crippen molar-refractivity contribution in [2.24, 2.45) is 0 Å². The number of anilines is 2. The number of carbonyl (C=O) groups is 1. The van der Waals surface area contributed by atoms with Gasteiger partial charge >= 0.3 is 6.03 Å². The third kappa shape index (κ3) is 4.73. The number of carbonyl (C=O) groups excluding carboxylic acids is 1. The number of nitrogens with one attached hydrogen (secondary N) is 2. The molecule has 0 aromatic heterocycles. The largest absolute Gasteiger partial charge is 0.365 e. The molecule has 0 radical (unpaired) electrons. The van der Waals surface area contributed by atoms with E-state index in [2.05, 4.69) is 21.6 Å². The van der Waals surface area contributed by atoms with Gasteiger partial charge in [0.2, 0.25) is 0 Å². The van der Waals surface area contributed by atoms with Gasteiger partial charge < -0.3 is 15.5 Å². The Labute approximate surface area is 180 Å². The molecule has 1 heterocycles. The van der Waals surface area contributed by atoms with Crippen molar-refractivity contribution in [3.8, 4) is 6.07 Å². The molecule has 2 N–H and O–H groups in total. The summed E-state index contributed by atoms with van der Waals surface area (Å²) >= 11 is 6.16. The highest BCUT2D eigenvalue weighted by Crippen LogP contribution is 2.30. The van der Waals surface area contributed by atoms with Gasteiger partial charge in [-0.2, -0.15) is 5.26 Å². The standard InChI is InChI=1S/C24H21ClN4O/c25-20-6-4-5-18(12-20)15-29-16-22(13-19-11-17(14-26)9-10-23(19)29)28-24(30)27-21-7-2-1-3-8-21/h1-12,22H,13,15-16H2,(H2,27,28,30). The molecule has 2 amide bonds. The van der Waals surface area contributed by atoms with Crippen molar-refractivity contribution >= 4 is 29.0 Å². The summed E-state index contributed by atoms with van der Waals surface area (Å²) in [4.78, 5) is 14.7. The first-order valence-electron chi connectivity index (χ1n) is 9.76. The predicted molar refractivity (Wildman–Crippen MR) is 120 cm³/mol. The summed E-state index contributed by atoms with van der Waals surface area (Å²) in [6.07, 6.45) is 0.666. The van der Waals surface area contributed by atoms with Gasteiger partial charge in [0.15, 0.2) is 0 Å². The first-order chi connectivity index (χ1) is 14.6. The summed E-state index contributed by atoms with van der Waals surface area (Å²) in [6.45, 7) is 1.32. The molecule has 1 aliphatic rings. The molecule has 3 aromatic rings. The lowest BCUT2D eigenvalue weighted by atomic mass is 9.95. The summed E-state index contributed by atoms with van der Waals surface area (Å²) in [6, 6.07) is 24.7. The second kappa shape index (κ2) is 8.89. The van der Waals surface area contributed by atoms with Gasteiger partial charge in [-0.15, -0.1) is 0 Å². The molecule has 1 aliphatic heterocycles. The lowest BCUT2D eigenvalue weighted by molar-refractivity contribution is 0.248. The van der Waals surface area contributed by atoms with Crippen LogP contribution in [0, 0.1) is 11.3 Å². The maximum absolute atomic E-state index is 12.5. The number of urea groups is 1. The van der Waals surface area contributed by atoms with Gasteiger partial charge in [0.25, 0.3) is 0 Å². The number of nitriles is 1. The number of benzene rings is 3. The van der Waals surface area contributed by atoms with E-state index in [1.165, 1.54) is 0 Å². The molecule has 1 unspecified atom stereocenters. The predicted octanol–water partition coefficient (Wildman–Crippen LogP) is 4.96. The van der Waals surface area contributed by atoms with E-state index in [9.17, 15) is 10.1 Å². The number of rotatable bonds is 4. The Kier molecular flexibility index (Phi) is 5.87. The second-order valence-corrected chi connectivity index (χ2v) is 7.77. The number of fused-ring (bicyclic) bond motifs is 1. The van der Waals surface area contributed by atoms with E-state index in [0.717, 1.165) is 22.5 Å². The fraction of sp³-hybridized carbons (Fsp3) is 0.167. The molecule has 0 spiro atoms. The minimum Gasteiger partial charge on any atom is -0.365 e. The van der Waals surface area contributed by atoms with Crippen LogP contribution in [0.5, 0.6) is 0 Å². The van der Waals surface area contributed by atoms with Gasteiger partial charge in [0.1, 0.15) is 0 Å². The minimum atomic E-state index is -0.242. The van der Waals surface area contributed by atoms with Crippen molar-refractivity contribution in [3.05, 3.63) is 94.5 Å². The number of halogens is 1. The molecule has 6 heteroatoms. The molecule has 0 bridgehead atoms. The molecule has 0 saturated carbocycles. The van der Waals surface area contributed by atoms with Gasteiger partial charge in [0, 0.05) is 29.5 Å². The Bertz CT molecular complexity index is 1090.